The molecule has 0 saturated heterocycles. The van der Waals surface area contributed by atoms with Crippen molar-refractivity contribution in [2.24, 2.45) is 0 Å². The molecule has 1 aromatic carbocycles. The number of halogens is 3. The van der Waals surface area contributed by atoms with E-state index in [9.17, 15) is 13.2 Å². The highest BCUT2D eigenvalue weighted by atomic mass is 19.4. The Morgan fingerprint density at radius 3 is 2.85 bits per heavy atom. The largest absolute Gasteiger partial charge is 0.497 e. The summed E-state index contributed by atoms with van der Waals surface area (Å²) < 4.78 is 47.1. The minimum absolute atomic E-state index is 0.265. The van der Waals surface area contributed by atoms with Gasteiger partial charge in [0.05, 0.1) is 19.1 Å². The minimum atomic E-state index is -4.58. The number of benzene rings is 1. The van der Waals surface area contributed by atoms with Gasteiger partial charge in [0.2, 0.25) is 0 Å². The SMILES string of the molecule is COc1ccc2c(c1)C(Cn1cnc(-c3cc(-c4nn[nH]c4C(F)(F)F)ccn3)c1)CCC2. The maximum Gasteiger partial charge on any atom is 0.435 e. The molecule has 3 heterocycles. The fourth-order valence-corrected chi connectivity index (χ4v) is 4.38. The van der Waals surface area contributed by atoms with Crippen LogP contribution in [0.3, 0.4) is 0 Å². The van der Waals surface area contributed by atoms with Crippen molar-refractivity contribution >= 4 is 0 Å². The molecule has 1 aliphatic carbocycles. The van der Waals surface area contributed by atoms with Gasteiger partial charge in [0.1, 0.15) is 17.1 Å². The van der Waals surface area contributed by atoms with Gasteiger partial charge in [0.15, 0.2) is 5.69 Å². The maximum atomic E-state index is 13.2. The first-order chi connectivity index (χ1) is 15.9. The van der Waals surface area contributed by atoms with Crippen LogP contribution in [-0.4, -0.2) is 37.1 Å². The van der Waals surface area contributed by atoms with E-state index in [1.807, 2.05) is 21.9 Å². The quantitative estimate of drug-likeness (QED) is 0.465. The summed E-state index contributed by atoms with van der Waals surface area (Å²) in [6.07, 6.45) is 3.71. The number of hydrogen-bond acceptors (Lipinski definition) is 5. The van der Waals surface area contributed by atoms with Crippen LogP contribution in [0, 0.1) is 0 Å². The van der Waals surface area contributed by atoms with E-state index in [0.29, 0.717) is 17.3 Å². The van der Waals surface area contributed by atoms with Gasteiger partial charge in [0, 0.05) is 30.4 Å². The Labute approximate surface area is 187 Å². The number of nitrogens with zero attached hydrogens (tertiary/aromatic N) is 5. The third-order valence-electron chi connectivity index (χ3n) is 5.98. The van der Waals surface area contributed by atoms with Crippen molar-refractivity contribution < 1.29 is 17.9 Å². The number of fused-ring (bicyclic) bond motifs is 1. The average molecular weight is 454 g/mol. The molecular formula is C23H21F3N6O. The van der Waals surface area contributed by atoms with Crippen LogP contribution in [0.4, 0.5) is 13.2 Å². The van der Waals surface area contributed by atoms with Crippen molar-refractivity contribution in [1.82, 2.24) is 29.9 Å². The molecule has 1 unspecified atom stereocenters. The van der Waals surface area contributed by atoms with Crippen LogP contribution >= 0.6 is 0 Å². The zero-order valence-corrected chi connectivity index (χ0v) is 17.8. The molecule has 1 N–H and O–H groups in total. The number of alkyl halides is 3. The standard InChI is InChI=1S/C23H21F3N6O/c1-33-17-6-5-14-3-2-4-16(18(14)10-17)11-32-12-20(28-13-32)19-9-15(7-8-27-19)21-22(23(24,25)26)30-31-29-21/h5-10,12-13,16H,2-4,11H2,1H3,(H,29,30,31). The number of nitrogens with one attached hydrogen (secondary N) is 1. The molecule has 170 valence electrons. The zero-order valence-electron chi connectivity index (χ0n) is 17.8. The maximum absolute atomic E-state index is 13.2. The lowest BCUT2D eigenvalue weighted by atomic mass is 9.82. The lowest BCUT2D eigenvalue weighted by Crippen LogP contribution is -2.15. The van der Waals surface area contributed by atoms with E-state index in [0.717, 1.165) is 31.6 Å². The van der Waals surface area contributed by atoms with Crippen LogP contribution < -0.4 is 4.74 Å². The molecule has 1 aliphatic rings. The summed E-state index contributed by atoms with van der Waals surface area (Å²) in [5.41, 5.74) is 2.69. The summed E-state index contributed by atoms with van der Waals surface area (Å²) in [5, 5.41) is 8.87. The Balaban J connectivity index is 1.40. The van der Waals surface area contributed by atoms with E-state index in [-0.39, 0.29) is 11.3 Å². The van der Waals surface area contributed by atoms with Crippen molar-refractivity contribution in [2.45, 2.75) is 37.9 Å². The molecule has 33 heavy (non-hydrogen) atoms. The molecule has 0 spiro atoms. The van der Waals surface area contributed by atoms with Crippen LogP contribution in [-0.2, 0) is 19.1 Å². The first-order valence-corrected chi connectivity index (χ1v) is 10.6. The van der Waals surface area contributed by atoms with Crippen molar-refractivity contribution in [1.29, 1.82) is 0 Å². The Morgan fingerprint density at radius 1 is 1.15 bits per heavy atom. The fraction of sp³-hybridized carbons (Fsp3) is 0.304. The number of aryl methyl sites for hydroxylation is 1. The van der Waals surface area contributed by atoms with Crippen LogP contribution in [0.15, 0.2) is 49.1 Å². The molecule has 0 bridgehead atoms. The molecule has 10 heteroatoms. The lowest BCUT2D eigenvalue weighted by molar-refractivity contribution is -0.140. The number of hydrogen-bond donors (Lipinski definition) is 1. The number of methoxy groups -OCH3 is 1. The molecule has 0 fully saturated rings. The summed E-state index contributed by atoms with van der Waals surface area (Å²) in [7, 11) is 1.67. The van der Waals surface area contributed by atoms with Crippen molar-refractivity contribution in [2.75, 3.05) is 7.11 Å². The molecule has 0 amide bonds. The highest BCUT2D eigenvalue weighted by molar-refractivity contribution is 5.67. The Hall–Kier alpha value is -3.69. The van der Waals surface area contributed by atoms with Gasteiger partial charge in [-0.25, -0.2) is 4.98 Å². The fourth-order valence-electron chi connectivity index (χ4n) is 4.38. The molecule has 0 radical (unpaired) electrons. The predicted molar refractivity (Wildman–Crippen MR) is 115 cm³/mol. The molecule has 5 rings (SSSR count). The topological polar surface area (TPSA) is 81.5 Å². The van der Waals surface area contributed by atoms with Gasteiger partial charge in [-0.05, 0) is 54.7 Å². The minimum Gasteiger partial charge on any atom is -0.497 e. The van der Waals surface area contributed by atoms with E-state index in [2.05, 4.69) is 32.4 Å². The summed E-state index contributed by atoms with van der Waals surface area (Å²) in [6.45, 7) is 0.744. The van der Waals surface area contributed by atoms with Crippen molar-refractivity contribution in [3.8, 4) is 28.4 Å². The summed E-state index contributed by atoms with van der Waals surface area (Å²) in [4.78, 5) is 8.74. The third kappa shape index (κ3) is 4.20. The van der Waals surface area contributed by atoms with Gasteiger partial charge in [-0.3, -0.25) is 10.1 Å². The first kappa shape index (κ1) is 21.2. The summed E-state index contributed by atoms with van der Waals surface area (Å²) in [5.74, 6) is 1.17. The van der Waals surface area contributed by atoms with Gasteiger partial charge in [0.25, 0.3) is 0 Å². The molecule has 3 aromatic heterocycles. The van der Waals surface area contributed by atoms with Crippen LogP contribution in [0.2, 0.25) is 0 Å². The average Bonchev–Trinajstić information content (AvgIpc) is 3.49. The number of H-pyrrole nitrogens is 1. The lowest BCUT2D eigenvalue weighted by Gasteiger charge is -2.26. The predicted octanol–water partition coefficient (Wildman–Crippen LogP) is 4.88. The third-order valence-corrected chi connectivity index (χ3v) is 5.98. The van der Waals surface area contributed by atoms with Gasteiger partial charge in [-0.2, -0.15) is 13.2 Å². The van der Waals surface area contributed by atoms with E-state index in [1.54, 1.807) is 19.5 Å². The van der Waals surface area contributed by atoms with Crippen LogP contribution in [0.25, 0.3) is 22.6 Å². The number of rotatable bonds is 5. The second-order valence-corrected chi connectivity index (χ2v) is 8.07. The normalized spacial score (nSPS) is 15.9. The first-order valence-electron chi connectivity index (χ1n) is 10.6. The second kappa shape index (κ2) is 8.34. The second-order valence-electron chi connectivity index (χ2n) is 8.07. The number of ether oxygens (including phenoxy) is 1. The van der Waals surface area contributed by atoms with Gasteiger partial charge >= 0.3 is 6.18 Å². The summed E-state index contributed by atoms with van der Waals surface area (Å²) >= 11 is 0. The van der Waals surface area contributed by atoms with Gasteiger partial charge in [-0.1, -0.05) is 11.3 Å². The summed E-state index contributed by atoms with van der Waals surface area (Å²) in [6, 6.07) is 9.25. The molecule has 1 atom stereocenters. The van der Waals surface area contributed by atoms with Crippen molar-refractivity contribution in [3.63, 3.8) is 0 Å². The van der Waals surface area contributed by atoms with E-state index in [1.165, 1.54) is 23.4 Å². The van der Waals surface area contributed by atoms with Crippen LogP contribution in [0.5, 0.6) is 5.75 Å². The highest BCUT2D eigenvalue weighted by Crippen LogP contribution is 2.36. The number of aromatic nitrogens is 6. The van der Waals surface area contributed by atoms with E-state index < -0.39 is 11.9 Å². The molecule has 0 aliphatic heterocycles. The molecule has 7 nitrogen and oxygen atoms in total. The van der Waals surface area contributed by atoms with Gasteiger partial charge < -0.3 is 9.30 Å². The number of pyridine rings is 1. The Kier molecular flexibility index (Phi) is 5.35. The van der Waals surface area contributed by atoms with Crippen LogP contribution in [0.1, 0.15) is 35.6 Å². The smallest absolute Gasteiger partial charge is 0.435 e. The molecule has 0 saturated carbocycles. The Morgan fingerprint density at radius 2 is 2.03 bits per heavy atom. The Bertz CT molecular complexity index is 1280. The number of aromatic amines is 1. The zero-order chi connectivity index (χ0) is 23.0. The van der Waals surface area contributed by atoms with Gasteiger partial charge in [-0.15, -0.1) is 5.10 Å². The molecule has 4 aromatic rings. The number of imidazole rings is 1. The molecular weight excluding hydrogens is 433 g/mol. The van der Waals surface area contributed by atoms with Crippen molar-refractivity contribution in [3.05, 3.63) is 65.9 Å². The monoisotopic (exact) mass is 454 g/mol. The van der Waals surface area contributed by atoms with E-state index in [4.69, 9.17) is 4.74 Å². The van der Waals surface area contributed by atoms with E-state index >= 15 is 0 Å². The highest BCUT2D eigenvalue weighted by Gasteiger charge is 2.37.